The third kappa shape index (κ3) is 3.04. The predicted octanol–water partition coefficient (Wildman–Crippen LogP) is 3.97. The van der Waals surface area contributed by atoms with E-state index in [9.17, 15) is 14.0 Å². The Morgan fingerprint density at radius 1 is 1.00 bits per heavy atom. The summed E-state index contributed by atoms with van der Waals surface area (Å²) in [7, 11) is 0. The van der Waals surface area contributed by atoms with Crippen LogP contribution in [0.5, 0.6) is 0 Å². The Morgan fingerprint density at radius 3 is 2.54 bits per heavy atom. The summed E-state index contributed by atoms with van der Waals surface area (Å²) in [4.78, 5) is 26.2. The number of carbonyl (C=O) groups is 2. The van der Waals surface area contributed by atoms with Gasteiger partial charge >= 0.3 is 0 Å². The number of para-hydroxylation sites is 1. The molecule has 2 amide bonds. The molecule has 0 bridgehead atoms. The van der Waals surface area contributed by atoms with E-state index < -0.39 is 11.7 Å². The van der Waals surface area contributed by atoms with E-state index in [0.29, 0.717) is 5.69 Å². The number of hydrogen-bond donors (Lipinski definition) is 1. The van der Waals surface area contributed by atoms with E-state index in [1.807, 2.05) is 42.5 Å². The van der Waals surface area contributed by atoms with Gasteiger partial charge in [-0.1, -0.05) is 42.5 Å². The van der Waals surface area contributed by atoms with E-state index >= 15 is 0 Å². The summed E-state index contributed by atoms with van der Waals surface area (Å²) < 4.78 is 13.9. The number of rotatable bonds is 3. The standard InChI is InChI=1S/C21H17FN2O2/c22-18-7-3-4-8-19(18)24-13-16(12-20(24)25)21(26)23-17-10-9-14-5-1-2-6-15(14)11-17/h1-11,16H,12-13H2,(H,23,26)/t16-/m0/s1. The molecule has 3 aromatic carbocycles. The molecule has 4 rings (SSSR count). The number of carbonyl (C=O) groups excluding carboxylic acids is 2. The van der Waals surface area contributed by atoms with Crippen molar-refractivity contribution in [2.45, 2.75) is 6.42 Å². The summed E-state index contributed by atoms with van der Waals surface area (Å²) in [5, 5.41) is 4.99. The van der Waals surface area contributed by atoms with Crippen molar-refractivity contribution in [1.82, 2.24) is 0 Å². The van der Waals surface area contributed by atoms with E-state index in [2.05, 4.69) is 5.32 Å². The van der Waals surface area contributed by atoms with Gasteiger partial charge < -0.3 is 10.2 Å². The van der Waals surface area contributed by atoms with Crippen molar-refractivity contribution in [2.75, 3.05) is 16.8 Å². The fourth-order valence-electron chi connectivity index (χ4n) is 3.30. The van der Waals surface area contributed by atoms with Crippen molar-refractivity contribution in [1.29, 1.82) is 0 Å². The molecule has 130 valence electrons. The normalized spacial score (nSPS) is 16.9. The highest BCUT2D eigenvalue weighted by Gasteiger charge is 2.36. The van der Waals surface area contributed by atoms with Crippen molar-refractivity contribution in [2.24, 2.45) is 5.92 Å². The Balaban J connectivity index is 1.50. The van der Waals surface area contributed by atoms with Crippen LogP contribution < -0.4 is 10.2 Å². The number of benzene rings is 3. The number of nitrogens with zero attached hydrogens (tertiary/aromatic N) is 1. The molecule has 1 fully saturated rings. The molecule has 0 saturated carbocycles. The molecule has 1 saturated heterocycles. The molecule has 0 radical (unpaired) electrons. The molecule has 1 heterocycles. The number of hydrogen-bond acceptors (Lipinski definition) is 2. The van der Waals surface area contributed by atoms with Crippen LogP contribution in [-0.2, 0) is 9.59 Å². The fraction of sp³-hybridized carbons (Fsp3) is 0.143. The lowest BCUT2D eigenvalue weighted by molar-refractivity contribution is -0.122. The molecule has 1 aliphatic rings. The van der Waals surface area contributed by atoms with Crippen molar-refractivity contribution in [3.8, 4) is 0 Å². The summed E-state index contributed by atoms with van der Waals surface area (Å²) in [6.45, 7) is 0.180. The Morgan fingerprint density at radius 2 is 1.73 bits per heavy atom. The summed E-state index contributed by atoms with van der Waals surface area (Å²) in [6, 6.07) is 19.7. The van der Waals surface area contributed by atoms with Gasteiger partial charge in [0.1, 0.15) is 5.82 Å². The van der Waals surface area contributed by atoms with Crippen LogP contribution in [0.15, 0.2) is 66.7 Å². The van der Waals surface area contributed by atoms with Crippen LogP contribution in [-0.4, -0.2) is 18.4 Å². The van der Waals surface area contributed by atoms with E-state index in [4.69, 9.17) is 0 Å². The Bertz CT molecular complexity index is 1000. The van der Waals surface area contributed by atoms with Crippen molar-refractivity contribution >= 4 is 34.0 Å². The zero-order valence-electron chi connectivity index (χ0n) is 14.0. The van der Waals surface area contributed by atoms with Gasteiger partial charge in [-0.15, -0.1) is 0 Å². The highest BCUT2D eigenvalue weighted by molar-refractivity contribution is 6.04. The molecule has 0 unspecified atom stereocenters. The van der Waals surface area contributed by atoms with Crippen molar-refractivity contribution in [3.05, 3.63) is 72.5 Å². The molecule has 26 heavy (non-hydrogen) atoms. The molecular formula is C21H17FN2O2. The van der Waals surface area contributed by atoms with E-state index in [0.717, 1.165) is 10.8 Å². The van der Waals surface area contributed by atoms with Gasteiger partial charge in [-0.25, -0.2) is 4.39 Å². The maximum atomic E-state index is 13.9. The summed E-state index contributed by atoms with van der Waals surface area (Å²) in [5.41, 5.74) is 0.906. The molecule has 4 nitrogen and oxygen atoms in total. The smallest absolute Gasteiger partial charge is 0.229 e. The lowest BCUT2D eigenvalue weighted by Gasteiger charge is -2.17. The van der Waals surface area contributed by atoms with Gasteiger partial charge in [0.25, 0.3) is 0 Å². The topological polar surface area (TPSA) is 49.4 Å². The third-order valence-corrected chi connectivity index (χ3v) is 4.66. The quantitative estimate of drug-likeness (QED) is 0.779. The number of fused-ring (bicyclic) bond motifs is 1. The Kier molecular flexibility index (Phi) is 4.13. The molecule has 0 aliphatic carbocycles. The van der Waals surface area contributed by atoms with Crippen LogP contribution in [0.25, 0.3) is 10.8 Å². The Labute approximate surface area is 150 Å². The maximum absolute atomic E-state index is 13.9. The first-order valence-corrected chi connectivity index (χ1v) is 8.46. The highest BCUT2D eigenvalue weighted by Crippen LogP contribution is 2.28. The van der Waals surface area contributed by atoms with Crippen molar-refractivity contribution in [3.63, 3.8) is 0 Å². The van der Waals surface area contributed by atoms with Crippen molar-refractivity contribution < 1.29 is 14.0 Å². The van der Waals surface area contributed by atoms with Gasteiger partial charge in [-0.05, 0) is 35.0 Å². The molecule has 5 heteroatoms. The minimum atomic E-state index is -0.506. The molecule has 1 N–H and O–H groups in total. The average molecular weight is 348 g/mol. The monoisotopic (exact) mass is 348 g/mol. The van der Waals surface area contributed by atoms with Crippen LogP contribution in [0.1, 0.15) is 6.42 Å². The zero-order valence-corrected chi connectivity index (χ0v) is 14.0. The maximum Gasteiger partial charge on any atom is 0.229 e. The predicted molar refractivity (Wildman–Crippen MR) is 99.4 cm³/mol. The highest BCUT2D eigenvalue weighted by atomic mass is 19.1. The van der Waals surface area contributed by atoms with Crippen LogP contribution in [0.3, 0.4) is 0 Å². The second-order valence-corrected chi connectivity index (χ2v) is 6.41. The van der Waals surface area contributed by atoms with Crippen LogP contribution in [0.4, 0.5) is 15.8 Å². The van der Waals surface area contributed by atoms with Crippen LogP contribution >= 0.6 is 0 Å². The lowest BCUT2D eigenvalue weighted by Crippen LogP contribution is -2.28. The number of nitrogens with one attached hydrogen (secondary N) is 1. The SMILES string of the molecule is O=C(Nc1ccc2ccccc2c1)[C@H]1CC(=O)N(c2ccccc2F)C1. The molecule has 1 aliphatic heterocycles. The number of anilines is 2. The second kappa shape index (κ2) is 6.59. The Hall–Kier alpha value is -3.21. The van der Waals surface area contributed by atoms with Gasteiger partial charge in [-0.3, -0.25) is 9.59 Å². The van der Waals surface area contributed by atoms with E-state index in [1.165, 1.54) is 11.0 Å². The largest absolute Gasteiger partial charge is 0.326 e. The van der Waals surface area contributed by atoms with Gasteiger partial charge in [0, 0.05) is 18.7 Å². The molecule has 0 spiro atoms. The lowest BCUT2D eigenvalue weighted by atomic mass is 10.1. The van der Waals surface area contributed by atoms with Gasteiger partial charge in [-0.2, -0.15) is 0 Å². The molecule has 1 atom stereocenters. The first-order valence-electron chi connectivity index (χ1n) is 8.46. The van der Waals surface area contributed by atoms with Gasteiger partial charge in [0.15, 0.2) is 0 Å². The third-order valence-electron chi connectivity index (χ3n) is 4.66. The van der Waals surface area contributed by atoms with Gasteiger partial charge in [0.2, 0.25) is 11.8 Å². The summed E-state index contributed by atoms with van der Waals surface area (Å²) in [5.74, 6) is -1.44. The number of amides is 2. The van der Waals surface area contributed by atoms with Gasteiger partial charge in [0.05, 0.1) is 11.6 Å². The minimum Gasteiger partial charge on any atom is -0.326 e. The first-order chi connectivity index (χ1) is 12.6. The summed E-state index contributed by atoms with van der Waals surface area (Å²) >= 11 is 0. The van der Waals surface area contributed by atoms with Crippen LogP contribution in [0, 0.1) is 11.7 Å². The number of halogens is 1. The first kappa shape index (κ1) is 16.3. The van der Waals surface area contributed by atoms with E-state index in [1.54, 1.807) is 18.2 Å². The average Bonchev–Trinajstić information content (AvgIpc) is 3.04. The van der Waals surface area contributed by atoms with E-state index in [-0.39, 0.29) is 30.5 Å². The molecular weight excluding hydrogens is 331 g/mol. The van der Waals surface area contributed by atoms with Crippen LogP contribution in [0.2, 0.25) is 0 Å². The fourth-order valence-corrected chi connectivity index (χ4v) is 3.30. The second-order valence-electron chi connectivity index (χ2n) is 6.41. The summed E-state index contributed by atoms with van der Waals surface area (Å²) in [6.07, 6.45) is 0.0771. The molecule has 0 aromatic heterocycles. The zero-order chi connectivity index (χ0) is 18.1. The minimum absolute atomic E-state index is 0.0771. The molecule has 3 aromatic rings.